The third-order valence-corrected chi connectivity index (χ3v) is 4.70. The summed E-state index contributed by atoms with van der Waals surface area (Å²) in [6, 6.07) is 7.03. The highest BCUT2D eigenvalue weighted by molar-refractivity contribution is 9.10. The second-order valence-electron chi connectivity index (χ2n) is 6.02. The number of hydrogen-bond acceptors (Lipinski definition) is 2. The molecular weight excluding hydrogens is 314 g/mol. The van der Waals surface area contributed by atoms with Gasteiger partial charge in [-0.2, -0.15) is 0 Å². The summed E-state index contributed by atoms with van der Waals surface area (Å²) >= 11 is 3.57. The third kappa shape index (κ3) is 5.55. The maximum atomic E-state index is 5.54. The minimum Gasteiger partial charge on any atom is -0.379 e. The first-order chi connectivity index (χ1) is 9.39. The maximum absolute atomic E-state index is 5.54. The zero-order chi connectivity index (χ0) is 15.2. The van der Waals surface area contributed by atoms with Crippen LogP contribution in [0.2, 0.25) is 0 Å². The van der Waals surface area contributed by atoms with Gasteiger partial charge in [-0.3, -0.25) is 0 Å². The first-order valence-electron chi connectivity index (χ1n) is 7.44. The van der Waals surface area contributed by atoms with Gasteiger partial charge in [0.15, 0.2) is 0 Å². The minimum absolute atomic E-state index is 0.0590. The van der Waals surface area contributed by atoms with E-state index < -0.39 is 0 Å². The van der Waals surface area contributed by atoms with E-state index in [1.54, 1.807) is 7.11 Å². The average molecular weight is 342 g/mol. The van der Waals surface area contributed by atoms with Crippen molar-refractivity contribution >= 4 is 15.9 Å². The first kappa shape index (κ1) is 17.7. The molecule has 1 rings (SSSR count). The number of halogens is 1. The van der Waals surface area contributed by atoms with Crippen molar-refractivity contribution in [3.05, 3.63) is 33.8 Å². The highest BCUT2D eigenvalue weighted by Crippen LogP contribution is 2.27. The lowest BCUT2D eigenvalue weighted by Gasteiger charge is -2.27. The Hall–Kier alpha value is -0.380. The molecule has 1 atom stereocenters. The molecule has 0 aliphatic carbocycles. The normalized spacial score (nSPS) is 13.5. The number of rotatable bonds is 8. The molecule has 1 aromatic carbocycles. The van der Waals surface area contributed by atoms with Gasteiger partial charge >= 0.3 is 0 Å². The van der Waals surface area contributed by atoms with Gasteiger partial charge in [0.25, 0.3) is 0 Å². The van der Waals surface area contributed by atoms with E-state index in [0.29, 0.717) is 6.04 Å². The molecule has 0 aliphatic heterocycles. The van der Waals surface area contributed by atoms with E-state index in [0.717, 1.165) is 25.8 Å². The van der Waals surface area contributed by atoms with Crippen LogP contribution in [-0.2, 0) is 4.74 Å². The van der Waals surface area contributed by atoms with Crippen molar-refractivity contribution in [3.63, 3.8) is 0 Å². The quantitative estimate of drug-likeness (QED) is 0.717. The second kappa shape index (κ2) is 8.16. The van der Waals surface area contributed by atoms with E-state index in [4.69, 9.17) is 4.74 Å². The van der Waals surface area contributed by atoms with Crippen LogP contribution in [0, 0.1) is 6.92 Å². The molecule has 3 heteroatoms. The SMILES string of the molecule is CCCNC(CCC(C)(C)OC)c1ccc(Br)c(C)c1. The predicted molar refractivity (Wildman–Crippen MR) is 90.2 cm³/mol. The van der Waals surface area contributed by atoms with Gasteiger partial charge in [-0.05, 0) is 63.8 Å². The van der Waals surface area contributed by atoms with Gasteiger partial charge in [0.1, 0.15) is 0 Å². The van der Waals surface area contributed by atoms with Crippen LogP contribution in [0.3, 0.4) is 0 Å². The number of benzene rings is 1. The van der Waals surface area contributed by atoms with Gasteiger partial charge < -0.3 is 10.1 Å². The van der Waals surface area contributed by atoms with Crippen molar-refractivity contribution in [2.45, 2.75) is 58.6 Å². The molecule has 114 valence electrons. The summed E-state index contributed by atoms with van der Waals surface area (Å²) < 4.78 is 6.71. The first-order valence-corrected chi connectivity index (χ1v) is 8.23. The smallest absolute Gasteiger partial charge is 0.0623 e. The molecule has 0 saturated heterocycles. The molecule has 0 aliphatic rings. The minimum atomic E-state index is -0.0590. The Bertz CT molecular complexity index is 417. The highest BCUT2D eigenvalue weighted by atomic mass is 79.9. The van der Waals surface area contributed by atoms with Crippen LogP contribution < -0.4 is 5.32 Å². The van der Waals surface area contributed by atoms with Gasteiger partial charge in [0.2, 0.25) is 0 Å². The van der Waals surface area contributed by atoms with Crippen LogP contribution in [0.15, 0.2) is 22.7 Å². The Balaban J connectivity index is 2.79. The van der Waals surface area contributed by atoms with Crippen LogP contribution in [0.4, 0.5) is 0 Å². The van der Waals surface area contributed by atoms with Crippen molar-refractivity contribution in [1.82, 2.24) is 5.32 Å². The van der Waals surface area contributed by atoms with E-state index >= 15 is 0 Å². The van der Waals surface area contributed by atoms with Gasteiger partial charge in [0.05, 0.1) is 5.60 Å². The molecule has 0 heterocycles. The maximum Gasteiger partial charge on any atom is 0.0623 e. The lowest BCUT2D eigenvalue weighted by atomic mass is 9.94. The zero-order valence-electron chi connectivity index (χ0n) is 13.4. The van der Waals surface area contributed by atoms with Crippen molar-refractivity contribution in [2.75, 3.05) is 13.7 Å². The predicted octanol–water partition coefficient (Wildman–Crippen LogP) is 5.00. The zero-order valence-corrected chi connectivity index (χ0v) is 15.0. The molecule has 0 fully saturated rings. The van der Waals surface area contributed by atoms with Gasteiger partial charge in [-0.25, -0.2) is 0 Å². The molecule has 20 heavy (non-hydrogen) atoms. The van der Waals surface area contributed by atoms with E-state index in [1.807, 2.05) is 0 Å². The largest absolute Gasteiger partial charge is 0.379 e. The monoisotopic (exact) mass is 341 g/mol. The number of ether oxygens (including phenoxy) is 1. The number of hydrogen-bond donors (Lipinski definition) is 1. The standard InChI is InChI=1S/C17H28BrNO/c1-6-11-19-16(9-10-17(3,4)20-5)14-7-8-15(18)13(2)12-14/h7-8,12,16,19H,6,9-11H2,1-5H3. The van der Waals surface area contributed by atoms with E-state index in [2.05, 4.69) is 67.1 Å². The summed E-state index contributed by atoms with van der Waals surface area (Å²) in [4.78, 5) is 0. The van der Waals surface area contributed by atoms with E-state index in [9.17, 15) is 0 Å². The lowest BCUT2D eigenvalue weighted by molar-refractivity contribution is 0.0117. The topological polar surface area (TPSA) is 21.3 Å². The van der Waals surface area contributed by atoms with Crippen molar-refractivity contribution in [2.24, 2.45) is 0 Å². The van der Waals surface area contributed by atoms with E-state index in [1.165, 1.54) is 15.6 Å². The summed E-state index contributed by atoms with van der Waals surface area (Å²) in [5, 5.41) is 3.66. The summed E-state index contributed by atoms with van der Waals surface area (Å²) in [7, 11) is 1.79. The Morgan fingerprint density at radius 1 is 1.35 bits per heavy atom. The molecule has 2 nitrogen and oxygen atoms in total. The molecule has 0 aromatic heterocycles. The highest BCUT2D eigenvalue weighted by Gasteiger charge is 2.20. The number of nitrogens with one attached hydrogen (secondary N) is 1. The summed E-state index contributed by atoms with van der Waals surface area (Å²) in [6.45, 7) is 9.69. The van der Waals surface area contributed by atoms with Gasteiger partial charge in [-0.15, -0.1) is 0 Å². The van der Waals surface area contributed by atoms with Crippen molar-refractivity contribution in [3.8, 4) is 0 Å². The summed E-state index contributed by atoms with van der Waals surface area (Å²) in [5.41, 5.74) is 2.60. The van der Waals surface area contributed by atoms with Gasteiger partial charge in [0, 0.05) is 17.6 Å². The average Bonchev–Trinajstić information content (AvgIpc) is 2.42. The van der Waals surface area contributed by atoms with E-state index in [-0.39, 0.29) is 5.60 Å². The second-order valence-corrected chi connectivity index (χ2v) is 6.87. The summed E-state index contributed by atoms with van der Waals surface area (Å²) in [5.74, 6) is 0. The fourth-order valence-electron chi connectivity index (χ4n) is 2.18. The fourth-order valence-corrected chi connectivity index (χ4v) is 2.43. The number of aryl methyl sites for hydroxylation is 1. The van der Waals surface area contributed by atoms with Crippen LogP contribution >= 0.6 is 15.9 Å². The Kier molecular flexibility index (Phi) is 7.21. The molecule has 0 spiro atoms. The number of methoxy groups -OCH3 is 1. The molecule has 0 radical (unpaired) electrons. The summed E-state index contributed by atoms with van der Waals surface area (Å²) in [6.07, 6.45) is 3.28. The van der Waals surface area contributed by atoms with Crippen LogP contribution in [0.25, 0.3) is 0 Å². The third-order valence-electron chi connectivity index (χ3n) is 3.81. The molecule has 1 N–H and O–H groups in total. The molecule has 0 saturated carbocycles. The van der Waals surface area contributed by atoms with Crippen molar-refractivity contribution in [1.29, 1.82) is 0 Å². The van der Waals surface area contributed by atoms with Crippen molar-refractivity contribution < 1.29 is 4.74 Å². The molecular formula is C17H28BrNO. The molecule has 1 aromatic rings. The van der Waals surface area contributed by atoms with Gasteiger partial charge in [-0.1, -0.05) is 35.0 Å². The molecule has 0 bridgehead atoms. The lowest BCUT2D eigenvalue weighted by Crippen LogP contribution is -2.28. The Labute approximate surface area is 132 Å². The van der Waals surface area contributed by atoms with Crippen LogP contribution in [-0.4, -0.2) is 19.3 Å². The Morgan fingerprint density at radius 2 is 2.05 bits per heavy atom. The molecule has 1 unspecified atom stereocenters. The van der Waals surface area contributed by atoms with Crippen LogP contribution in [0.1, 0.15) is 57.2 Å². The van der Waals surface area contributed by atoms with Crippen LogP contribution in [0.5, 0.6) is 0 Å². The molecule has 0 amide bonds. The Morgan fingerprint density at radius 3 is 2.60 bits per heavy atom. The fraction of sp³-hybridized carbons (Fsp3) is 0.647.